The van der Waals surface area contributed by atoms with Crippen LogP contribution in [0.4, 0.5) is 10.7 Å². The zero-order valence-electron chi connectivity index (χ0n) is 15.9. The number of ether oxygens (including phenoxy) is 1. The second kappa shape index (κ2) is 7.50. The number of hydrogen-bond donors (Lipinski definition) is 2. The highest BCUT2D eigenvalue weighted by Gasteiger charge is 2.43. The summed E-state index contributed by atoms with van der Waals surface area (Å²) >= 11 is 6.04. The number of carboxylic acid groups (broad SMARTS) is 1. The van der Waals surface area contributed by atoms with Gasteiger partial charge in [-0.15, -0.1) is 5.10 Å². The van der Waals surface area contributed by atoms with Crippen LogP contribution >= 0.6 is 11.6 Å². The Morgan fingerprint density at radius 1 is 1.32 bits per heavy atom. The maximum atomic E-state index is 11.3. The van der Waals surface area contributed by atoms with Gasteiger partial charge in [0.15, 0.2) is 0 Å². The molecule has 2 fully saturated rings. The van der Waals surface area contributed by atoms with E-state index in [1.54, 1.807) is 16.8 Å². The topological polar surface area (TPSA) is 92.5 Å². The fourth-order valence-electron chi connectivity index (χ4n) is 4.18. The molecule has 0 spiro atoms. The van der Waals surface area contributed by atoms with Crippen molar-refractivity contribution in [3.63, 3.8) is 0 Å². The number of likely N-dealkylation sites (tertiary alicyclic amines) is 1. The van der Waals surface area contributed by atoms with Gasteiger partial charge in [-0.05, 0) is 56.7 Å². The fraction of sp³-hybridized carbons (Fsp3) is 0.526. The lowest BCUT2D eigenvalue weighted by molar-refractivity contribution is 0.112. The van der Waals surface area contributed by atoms with Crippen LogP contribution in [0, 0.1) is 11.8 Å². The van der Waals surface area contributed by atoms with Crippen molar-refractivity contribution >= 4 is 23.6 Å². The van der Waals surface area contributed by atoms with Gasteiger partial charge in [-0.1, -0.05) is 17.7 Å². The number of amides is 1. The molecular formula is C19H24ClN5O3. The van der Waals surface area contributed by atoms with Crippen molar-refractivity contribution < 1.29 is 14.6 Å². The summed E-state index contributed by atoms with van der Waals surface area (Å²) < 4.78 is 7.65. The maximum absolute atomic E-state index is 11.3. The monoisotopic (exact) mass is 405 g/mol. The van der Waals surface area contributed by atoms with Gasteiger partial charge in [-0.3, -0.25) is 0 Å². The van der Waals surface area contributed by atoms with Crippen LogP contribution in [0.2, 0.25) is 5.02 Å². The second-order valence-corrected chi connectivity index (χ2v) is 8.21. The van der Waals surface area contributed by atoms with Crippen LogP contribution in [-0.2, 0) is 0 Å². The van der Waals surface area contributed by atoms with E-state index in [2.05, 4.69) is 15.4 Å². The number of aromatic nitrogens is 3. The van der Waals surface area contributed by atoms with Gasteiger partial charge >= 0.3 is 12.1 Å². The Morgan fingerprint density at radius 3 is 2.64 bits per heavy atom. The summed E-state index contributed by atoms with van der Waals surface area (Å²) in [6.45, 7) is 5.14. The maximum Gasteiger partial charge on any atom is 0.407 e. The van der Waals surface area contributed by atoms with E-state index in [1.807, 2.05) is 26.0 Å². The molecule has 1 aromatic heterocycles. The number of piperidine rings is 1. The third kappa shape index (κ3) is 3.73. The summed E-state index contributed by atoms with van der Waals surface area (Å²) in [5.41, 5.74) is 0. The first-order valence-corrected chi connectivity index (χ1v) is 9.93. The molecule has 1 saturated carbocycles. The molecule has 0 unspecified atom stereocenters. The molecule has 4 rings (SSSR count). The standard InChI is InChI=1S/C19H24ClN5O3/c1-11(2)25-18(28-15-5-3-4-14(20)8-15)22-17(23-25)21-16-12-6-7-13(16)10-24(9-12)19(26)27/h3-5,8,11-13,16H,6-7,9-10H2,1-2H3,(H,21,23)(H,26,27)/t12-,13+,16+. The highest BCUT2D eigenvalue weighted by molar-refractivity contribution is 6.30. The first-order valence-electron chi connectivity index (χ1n) is 9.55. The minimum Gasteiger partial charge on any atom is -0.465 e. The van der Waals surface area contributed by atoms with Gasteiger partial charge in [-0.25, -0.2) is 9.48 Å². The molecule has 2 bridgehead atoms. The third-order valence-corrected chi connectivity index (χ3v) is 5.73. The number of carbonyl (C=O) groups is 1. The molecule has 8 nitrogen and oxygen atoms in total. The number of benzene rings is 1. The van der Waals surface area contributed by atoms with Gasteiger partial charge in [0.2, 0.25) is 5.95 Å². The molecule has 2 aliphatic rings. The smallest absolute Gasteiger partial charge is 0.407 e. The molecule has 1 amide bonds. The van der Waals surface area contributed by atoms with Crippen LogP contribution in [0.5, 0.6) is 11.8 Å². The predicted octanol–water partition coefficient (Wildman–Crippen LogP) is 4.11. The normalized spacial score (nSPS) is 23.9. The number of nitrogens with one attached hydrogen (secondary N) is 1. The largest absolute Gasteiger partial charge is 0.465 e. The van der Waals surface area contributed by atoms with E-state index < -0.39 is 6.09 Å². The summed E-state index contributed by atoms with van der Waals surface area (Å²) in [6, 6.07) is 7.81. The van der Waals surface area contributed by atoms with E-state index in [0.29, 0.717) is 35.8 Å². The second-order valence-electron chi connectivity index (χ2n) is 7.77. The molecule has 2 N–H and O–H groups in total. The van der Waals surface area contributed by atoms with Gasteiger partial charge in [-0.2, -0.15) is 4.98 Å². The van der Waals surface area contributed by atoms with Gasteiger partial charge in [0.25, 0.3) is 0 Å². The number of halogens is 1. The van der Waals surface area contributed by atoms with E-state index in [1.165, 1.54) is 4.90 Å². The summed E-state index contributed by atoms with van der Waals surface area (Å²) in [5.74, 6) is 1.66. The summed E-state index contributed by atoms with van der Waals surface area (Å²) in [4.78, 5) is 17.4. The first-order chi connectivity index (χ1) is 13.4. The Hall–Kier alpha value is -2.48. The number of hydrogen-bond acceptors (Lipinski definition) is 5. The van der Waals surface area contributed by atoms with Crippen molar-refractivity contribution in [3.8, 4) is 11.8 Å². The van der Waals surface area contributed by atoms with E-state index in [9.17, 15) is 9.90 Å². The number of rotatable bonds is 5. The van der Waals surface area contributed by atoms with Gasteiger partial charge in [0.1, 0.15) is 5.75 Å². The summed E-state index contributed by atoms with van der Waals surface area (Å²) in [5, 5.41) is 17.9. The Morgan fingerprint density at radius 2 is 2.04 bits per heavy atom. The highest BCUT2D eigenvalue weighted by atomic mass is 35.5. The molecule has 0 radical (unpaired) electrons. The summed E-state index contributed by atoms with van der Waals surface area (Å²) in [7, 11) is 0. The lowest BCUT2D eigenvalue weighted by Gasteiger charge is -2.36. The zero-order valence-corrected chi connectivity index (χ0v) is 16.6. The van der Waals surface area contributed by atoms with Crippen LogP contribution < -0.4 is 10.1 Å². The van der Waals surface area contributed by atoms with Crippen molar-refractivity contribution in [2.75, 3.05) is 18.4 Å². The van der Waals surface area contributed by atoms with Gasteiger partial charge in [0.05, 0.1) is 6.04 Å². The van der Waals surface area contributed by atoms with Crippen LogP contribution in [0.1, 0.15) is 32.7 Å². The van der Waals surface area contributed by atoms with E-state index >= 15 is 0 Å². The van der Waals surface area contributed by atoms with E-state index in [-0.39, 0.29) is 23.9 Å². The van der Waals surface area contributed by atoms with Gasteiger partial charge in [0, 0.05) is 24.2 Å². The average Bonchev–Trinajstić information content (AvgIpc) is 3.12. The fourth-order valence-corrected chi connectivity index (χ4v) is 4.36. The number of anilines is 1. The molecule has 1 aliphatic carbocycles. The third-order valence-electron chi connectivity index (χ3n) is 5.49. The Kier molecular flexibility index (Phi) is 5.05. The Bertz CT molecular complexity index is 857. The van der Waals surface area contributed by atoms with Crippen molar-refractivity contribution in [1.29, 1.82) is 0 Å². The quantitative estimate of drug-likeness (QED) is 0.777. The minimum absolute atomic E-state index is 0.0720. The lowest BCUT2D eigenvalue weighted by atomic mass is 9.92. The molecule has 150 valence electrons. The van der Waals surface area contributed by atoms with E-state index in [4.69, 9.17) is 16.3 Å². The molecule has 1 saturated heterocycles. The van der Waals surface area contributed by atoms with Crippen LogP contribution in [0.25, 0.3) is 0 Å². The molecule has 1 aromatic carbocycles. The Labute approximate surface area is 168 Å². The molecular weight excluding hydrogens is 382 g/mol. The van der Waals surface area contributed by atoms with Crippen LogP contribution in [0.3, 0.4) is 0 Å². The molecule has 2 heterocycles. The molecule has 9 heteroatoms. The lowest BCUT2D eigenvalue weighted by Crippen LogP contribution is -2.49. The number of fused-ring (bicyclic) bond motifs is 2. The zero-order chi connectivity index (χ0) is 19.8. The molecule has 28 heavy (non-hydrogen) atoms. The highest BCUT2D eigenvalue weighted by Crippen LogP contribution is 2.38. The first kappa shape index (κ1) is 18.9. The minimum atomic E-state index is -0.838. The molecule has 3 atom stereocenters. The average molecular weight is 406 g/mol. The van der Waals surface area contributed by atoms with Crippen LogP contribution in [-0.4, -0.2) is 50.0 Å². The Balaban J connectivity index is 1.52. The van der Waals surface area contributed by atoms with Crippen molar-refractivity contribution in [1.82, 2.24) is 19.7 Å². The molecule has 2 aromatic rings. The molecule has 1 aliphatic heterocycles. The van der Waals surface area contributed by atoms with Crippen molar-refractivity contribution in [2.45, 2.75) is 38.8 Å². The SMILES string of the molecule is CC(C)n1nc(N[C@H]2[C@@H]3CC[C@H]2CN(C(=O)O)C3)nc1Oc1cccc(Cl)c1. The van der Waals surface area contributed by atoms with Crippen molar-refractivity contribution in [3.05, 3.63) is 29.3 Å². The van der Waals surface area contributed by atoms with Gasteiger partial charge < -0.3 is 20.1 Å². The van der Waals surface area contributed by atoms with Crippen molar-refractivity contribution in [2.24, 2.45) is 11.8 Å². The van der Waals surface area contributed by atoms with Crippen LogP contribution in [0.15, 0.2) is 24.3 Å². The van der Waals surface area contributed by atoms with E-state index in [0.717, 1.165) is 12.8 Å². The predicted molar refractivity (Wildman–Crippen MR) is 105 cm³/mol. The number of nitrogens with zero attached hydrogens (tertiary/aromatic N) is 4. The summed E-state index contributed by atoms with van der Waals surface area (Å²) in [6.07, 6.45) is 1.20.